The second kappa shape index (κ2) is 6.00. The molecule has 0 aromatic carbocycles. The molecule has 7 heteroatoms. The molecular weight excluding hydrogens is 224 g/mol. The van der Waals surface area contributed by atoms with Crippen LogP contribution in [0.1, 0.15) is 12.5 Å². The maximum atomic E-state index is 10.8. The van der Waals surface area contributed by atoms with Gasteiger partial charge in [-0.2, -0.15) is 5.10 Å². The lowest BCUT2D eigenvalue weighted by Gasteiger charge is -2.17. The molecule has 3 N–H and O–H groups in total. The molecule has 0 radical (unpaired) electrons. The standard InChI is InChI=1S/C10H16N4O3/c1-2-14-5-8(3-12-14)4-13(6-9(11)15)7-10(16)17/h3,5H,2,4,6-7H2,1H3,(H2,11,15)(H,16,17). The van der Waals surface area contributed by atoms with Crippen molar-refractivity contribution in [3.63, 3.8) is 0 Å². The third-order valence-corrected chi connectivity index (χ3v) is 2.16. The summed E-state index contributed by atoms with van der Waals surface area (Å²) in [6.07, 6.45) is 3.47. The fourth-order valence-corrected chi connectivity index (χ4v) is 1.50. The van der Waals surface area contributed by atoms with E-state index in [0.29, 0.717) is 6.54 Å². The first-order valence-corrected chi connectivity index (χ1v) is 5.25. The van der Waals surface area contributed by atoms with Crippen LogP contribution in [0.3, 0.4) is 0 Å². The predicted molar refractivity (Wildman–Crippen MR) is 60.0 cm³/mol. The number of carboxylic acids is 1. The van der Waals surface area contributed by atoms with Gasteiger partial charge in [-0.25, -0.2) is 0 Å². The van der Waals surface area contributed by atoms with E-state index >= 15 is 0 Å². The quantitative estimate of drug-likeness (QED) is 0.654. The fraction of sp³-hybridized carbons (Fsp3) is 0.500. The number of aliphatic carboxylic acids is 1. The maximum absolute atomic E-state index is 10.8. The first-order valence-electron chi connectivity index (χ1n) is 5.25. The van der Waals surface area contributed by atoms with Gasteiger partial charge in [0.05, 0.1) is 19.3 Å². The molecule has 0 spiro atoms. The number of aromatic nitrogens is 2. The molecule has 0 fully saturated rings. The van der Waals surface area contributed by atoms with Crippen LogP contribution >= 0.6 is 0 Å². The highest BCUT2D eigenvalue weighted by Crippen LogP contribution is 2.03. The van der Waals surface area contributed by atoms with Crippen LogP contribution < -0.4 is 5.73 Å². The Morgan fingerprint density at radius 1 is 1.53 bits per heavy atom. The molecule has 17 heavy (non-hydrogen) atoms. The number of amides is 1. The van der Waals surface area contributed by atoms with Gasteiger partial charge in [0.25, 0.3) is 0 Å². The van der Waals surface area contributed by atoms with E-state index in [1.807, 2.05) is 13.1 Å². The molecule has 0 bridgehead atoms. The van der Waals surface area contributed by atoms with Crippen molar-refractivity contribution in [2.75, 3.05) is 13.1 Å². The highest BCUT2D eigenvalue weighted by molar-refractivity contribution is 5.77. The van der Waals surface area contributed by atoms with E-state index in [4.69, 9.17) is 10.8 Å². The summed E-state index contributed by atoms with van der Waals surface area (Å²) in [5.41, 5.74) is 5.92. The Morgan fingerprint density at radius 3 is 2.71 bits per heavy atom. The topological polar surface area (TPSA) is 101 Å². The zero-order chi connectivity index (χ0) is 12.8. The minimum atomic E-state index is -0.992. The van der Waals surface area contributed by atoms with E-state index in [1.54, 1.807) is 10.9 Å². The van der Waals surface area contributed by atoms with Gasteiger partial charge in [0.15, 0.2) is 0 Å². The number of hydrogen-bond donors (Lipinski definition) is 2. The van der Waals surface area contributed by atoms with E-state index in [9.17, 15) is 9.59 Å². The third-order valence-electron chi connectivity index (χ3n) is 2.16. The molecule has 1 amide bonds. The van der Waals surface area contributed by atoms with Gasteiger partial charge >= 0.3 is 5.97 Å². The van der Waals surface area contributed by atoms with Crippen LogP contribution in [-0.4, -0.2) is 44.8 Å². The molecule has 0 aliphatic heterocycles. The third kappa shape index (κ3) is 4.64. The number of nitrogens with zero attached hydrogens (tertiary/aromatic N) is 3. The van der Waals surface area contributed by atoms with Crippen molar-refractivity contribution in [2.24, 2.45) is 5.73 Å². The summed E-state index contributed by atoms with van der Waals surface area (Å²) >= 11 is 0. The first kappa shape index (κ1) is 13.2. The van der Waals surface area contributed by atoms with Crippen molar-refractivity contribution >= 4 is 11.9 Å². The van der Waals surface area contributed by atoms with Gasteiger partial charge in [0, 0.05) is 24.8 Å². The lowest BCUT2D eigenvalue weighted by Crippen LogP contribution is -2.36. The Hall–Kier alpha value is -1.89. The average molecular weight is 240 g/mol. The van der Waals surface area contributed by atoms with E-state index < -0.39 is 11.9 Å². The average Bonchev–Trinajstić information content (AvgIpc) is 2.63. The van der Waals surface area contributed by atoms with Crippen LogP contribution in [0.4, 0.5) is 0 Å². The normalized spacial score (nSPS) is 10.7. The number of carboxylic acid groups (broad SMARTS) is 1. The molecular formula is C10H16N4O3. The van der Waals surface area contributed by atoms with E-state index in [0.717, 1.165) is 12.1 Å². The van der Waals surface area contributed by atoms with E-state index in [1.165, 1.54) is 4.90 Å². The largest absolute Gasteiger partial charge is 0.480 e. The first-order chi connectivity index (χ1) is 8.01. The monoisotopic (exact) mass is 240 g/mol. The SMILES string of the molecule is CCn1cc(CN(CC(N)=O)CC(=O)O)cn1. The van der Waals surface area contributed by atoms with Crippen molar-refractivity contribution < 1.29 is 14.7 Å². The molecule has 0 aliphatic rings. The summed E-state index contributed by atoms with van der Waals surface area (Å²) in [6, 6.07) is 0. The van der Waals surface area contributed by atoms with Gasteiger partial charge in [0.1, 0.15) is 0 Å². The summed E-state index contributed by atoms with van der Waals surface area (Å²) in [7, 11) is 0. The van der Waals surface area contributed by atoms with Crippen LogP contribution in [0.2, 0.25) is 0 Å². The number of nitrogens with two attached hydrogens (primary N) is 1. The van der Waals surface area contributed by atoms with Gasteiger partial charge in [-0.15, -0.1) is 0 Å². The van der Waals surface area contributed by atoms with Gasteiger partial charge in [-0.3, -0.25) is 19.2 Å². The molecule has 0 saturated heterocycles. The Morgan fingerprint density at radius 2 is 2.24 bits per heavy atom. The fourth-order valence-electron chi connectivity index (χ4n) is 1.50. The van der Waals surface area contributed by atoms with Crippen LogP contribution in [0.5, 0.6) is 0 Å². The molecule has 1 heterocycles. The molecule has 1 aromatic heterocycles. The van der Waals surface area contributed by atoms with Gasteiger partial charge in [0.2, 0.25) is 5.91 Å². The van der Waals surface area contributed by atoms with Gasteiger partial charge in [-0.1, -0.05) is 0 Å². The molecule has 7 nitrogen and oxygen atoms in total. The van der Waals surface area contributed by atoms with Crippen LogP contribution in [0.25, 0.3) is 0 Å². The Balaban J connectivity index is 2.64. The second-order valence-electron chi connectivity index (χ2n) is 3.71. The molecule has 0 aliphatic carbocycles. The Bertz CT molecular complexity index is 386. The minimum absolute atomic E-state index is 0.0798. The summed E-state index contributed by atoms with van der Waals surface area (Å²) in [4.78, 5) is 22.9. The molecule has 0 atom stereocenters. The summed E-state index contributed by atoms with van der Waals surface area (Å²) in [5, 5.41) is 12.8. The summed E-state index contributed by atoms with van der Waals surface area (Å²) in [6.45, 7) is 2.74. The van der Waals surface area contributed by atoms with Gasteiger partial charge < -0.3 is 10.8 Å². The number of carbonyl (C=O) groups excluding carboxylic acids is 1. The molecule has 1 aromatic rings. The Labute approximate surface area is 98.8 Å². The van der Waals surface area contributed by atoms with E-state index in [2.05, 4.69) is 5.10 Å². The highest BCUT2D eigenvalue weighted by atomic mass is 16.4. The number of primary amides is 1. The predicted octanol–water partition coefficient (Wildman–Crippen LogP) is -0.725. The smallest absolute Gasteiger partial charge is 0.317 e. The number of hydrogen-bond acceptors (Lipinski definition) is 4. The highest BCUT2D eigenvalue weighted by Gasteiger charge is 2.13. The number of rotatable bonds is 7. The van der Waals surface area contributed by atoms with Crippen LogP contribution in [0, 0.1) is 0 Å². The van der Waals surface area contributed by atoms with Crippen molar-refractivity contribution in [1.29, 1.82) is 0 Å². The zero-order valence-corrected chi connectivity index (χ0v) is 9.67. The maximum Gasteiger partial charge on any atom is 0.317 e. The van der Waals surface area contributed by atoms with Crippen LogP contribution in [0.15, 0.2) is 12.4 Å². The molecule has 0 saturated carbocycles. The van der Waals surface area contributed by atoms with Crippen molar-refractivity contribution in [3.8, 4) is 0 Å². The zero-order valence-electron chi connectivity index (χ0n) is 9.67. The second-order valence-corrected chi connectivity index (χ2v) is 3.71. The minimum Gasteiger partial charge on any atom is -0.480 e. The summed E-state index contributed by atoms with van der Waals surface area (Å²) < 4.78 is 1.73. The Kier molecular flexibility index (Phi) is 4.65. The van der Waals surface area contributed by atoms with Crippen molar-refractivity contribution in [1.82, 2.24) is 14.7 Å². The van der Waals surface area contributed by atoms with Gasteiger partial charge in [-0.05, 0) is 6.92 Å². The molecule has 0 unspecified atom stereocenters. The summed E-state index contributed by atoms with van der Waals surface area (Å²) in [5.74, 6) is -1.54. The number of aryl methyl sites for hydroxylation is 1. The molecule has 94 valence electrons. The van der Waals surface area contributed by atoms with E-state index in [-0.39, 0.29) is 13.1 Å². The molecule has 1 rings (SSSR count). The van der Waals surface area contributed by atoms with Crippen molar-refractivity contribution in [3.05, 3.63) is 18.0 Å². The lowest BCUT2D eigenvalue weighted by molar-refractivity contribution is -0.138. The van der Waals surface area contributed by atoms with Crippen molar-refractivity contribution in [2.45, 2.75) is 20.0 Å². The number of carbonyl (C=O) groups is 2. The van der Waals surface area contributed by atoms with Crippen LogP contribution in [-0.2, 0) is 22.7 Å². The lowest BCUT2D eigenvalue weighted by atomic mass is 10.3.